The number of hydrogen-bond acceptors (Lipinski definition) is 3. The van der Waals surface area contributed by atoms with E-state index in [0.717, 1.165) is 12.1 Å². The highest BCUT2D eigenvalue weighted by Crippen LogP contribution is 2.24. The molecule has 1 N–H and O–H groups in total. The van der Waals surface area contributed by atoms with Crippen molar-refractivity contribution in [1.29, 1.82) is 0 Å². The minimum absolute atomic E-state index is 0.368. The minimum Gasteiger partial charge on any atom is -0.464 e. The van der Waals surface area contributed by atoms with Gasteiger partial charge in [0.2, 0.25) is 0 Å². The first-order chi connectivity index (χ1) is 9.24. The Morgan fingerprint density at radius 3 is 2.84 bits per heavy atom. The first kappa shape index (κ1) is 12.5. The molecule has 19 heavy (non-hydrogen) atoms. The van der Waals surface area contributed by atoms with Gasteiger partial charge >= 0.3 is 0 Å². The smallest absolute Gasteiger partial charge is 0.134 e. The first-order valence-electron chi connectivity index (χ1n) is 6.49. The predicted molar refractivity (Wildman–Crippen MR) is 80.5 cm³/mol. The fourth-order valence-electron chi connectivity index (χ4n) is 2.22. The van der Waals surface area contributed by atoms with Gasteiger partial charge in [0.1, 0.15) is 5.58 Å². The van der Waals surface area contributed by atoms with Gasteiger partial charge in [-0.3, -0.25) is 0 Å². The molecule has 1 atom stereocenters. The van der Waals surface area contributed by atoms with Gasteiger partial charge in [-0.05, 0) is 32.0 Å². The van der Waals surface area contributed by atoms with E-state index in [1.54, 1.807) is 0 Å². The van der Waals surface area contributed by atoms with Crippen molar-refractivity contribution >= 4 is 22.3 Å². The van der Waals surface area contributed by atoms with E-state index < -0.39 is 0 Å². The summed E-state index contributed by atoms with van der Waals surface area (Å²) >= 11 is 1.85. The Balaban J connectivity index is 1.72. The van der Waals surface area contributed by atoms with Crippen LogP contribution >= 0.6 is 11.3 Å². The maximum atomic E-state index is 5.55. The van der Waals surface area contributed by atoms with Crippen molar-refractivity contribution in [3.05, 3.63) is 58.0 Å². The minimum atomic E-state index is 0.368. The van der Waals surface area contributed by atoms with Crippen molar-refractivity contribution in [3.63, 3.8) is 0 Å². The summed E-state index contributed by atoms with van der Waals surface area (Å²) in [6.07, 6.45) is 1.85. The van der Waals surface area contributed by atoms with Crippen LogP contribution in [0.3, 0.4) is 0 Å². The number of hydrogen-bond donors (Lipinski definition) is 1. The van der Waals surface area contributed by atoms with Crippen molar-refractivity contribution in [1.82, 2.24) is 5.32 Å². The molecule has 0 saturated carbocycles. The molecule has 98 valence electrons. The number of nitrogens with one attached hydrogen (secondary N) is 1. The number of benzene rings is 1. The second kappa shape index (κ2) is 5.19. The van der Waals surface area contributed by atoms with Crippen molar-refractivity contribution in [2.45, 2.75) is 26.4 Å². The van der Waals surface area contributed by atoms with Crippen LogP contribution in [-0.2, 0) is 6.54 Å². The lowest BCUT2D eigenvalue weighted by Gasteiger charge is -2.11. The molecular formula is C16H17NOS. The Kier molecular flexibility index (Phi) is 3.40. The molecule has 0 aliphatic carbocycles. The van der Waals surface area contributed by atoms with Gasteiger partial charge in [-0.1, -0.05) is 18.2 Å². The van der Waals surface area contributed by atoms with Gasteiger partial charge in [0, 0.05) is 33.3 Å². The molecule has 2 heterocycles. The normalized spacial score (nSPS) is 12.9. The Labute approximate surface area is 117 Å². The Bertz CT molecular complexity index is 683. The summed E-state index contributed by atoms with van der Waals surface area (Å²) in [5.74, 6) is 0. The van der Waals surface area contributed by atoms with Crippen molar-refractivity contribution in [2.75, 3.05) is 0 Å². The van der Waals surface area contributed by atoms with Gasteiger partial charge in [0.05, 0.1) is 6.26 Å². The molecule has 0 amide bonds. The third kappa shape index (κ3) is 2.57. The molecular weight excluding hydrogens is 254 g/mol. The summed E-state index contributed by atoms with van der Waals surface area (Å²) in [6, 6.07) is 12.9. The number of aryl methyl sites for hydroxylation is 1. The summed E-state index contributed by atoms with van der Waals surface area (Å²) < 4.78 is 5.55. The Hall–Kier alpha value is -1.58. The summed E-state index contributed by atoms with van der Waals surface area (Å²) in [5, 5.41) is 4.76. The van der Waals surface area contributed by atoms with Crippen molar-refractivity contribution in [2.24, 2.45) is 0 Å². The third-order valence-corrected chi connectivity index (χ3v) is 4.53. The fourth-order valence-corrected chi connectivity index (χ4v) is 3.12. The number of thiophene rings is 1. The molecule has 0 radical (unpaired) electrons. The number of fused-ring (bicyclic) bond motifs is 1. The molecule has 0 bridgehead atoms. The van der Waals surface area contributed by atoms with Crippen LogP contribution in [0, 0.1) is 6.92 Å². The van der Waals surface area contributed by atoms with Crippen LogP contribution in [-0.4, -0.2) is 0 Å². The lowest BCUT2D eigenvalue weighted by molar-refractivity contribution is 0.568. The van der Waals surface area contributed by atoms with Crippen LogP contribution in [0.5, 0.6) is 0 Å². The van der Waals surface area contributed by atoms with E-state index in [2.05, 4.69) is 37.4 Å². The van der Waals surface area contributed by atoms with Gasteiger partial charge in [0.15, 0.2) is 0 Å². The molecule has 1 unspecified atom stereocenters. The van der Waals surface area contributed by atoms with Gasteiger partial charge < -0.3 is 9.73 Å². The third-order valence-electron chi connectivity index (χ3n) is 3.35. The molecule has 3 rings (SSSR count). The SMILES string of the molecule is Cc1ccc(C(C)NCc2coc3ccccc23)s1. The van der Waals surface area contributed by atoms with Gasteiger partial charge in [0.25, 0.3) is 0 Å². The van der Waals surface area contributed by atoms with Crippen LogP contribution in [0.2, 0.25) is 0 Å². The van der Waals surface area contributed by atoms with E-state index in [-0.39, 0.29) is 0 Å². The highest BCUT2D eigenvalue weighted by molar-refractivity contribution is 7.12. The Morgan fingerprint density at radius 2 is 2.05 bits per heavy atom. The van der Waals surface area contributed by atoms with E-state index in [9.17, 15) is 0 Å². The largest absolute Gasteiger partial charge is 0.464 e. The zero-order valence-electron chi connectivity index (χ0n) is 11.1. The summed E-state index contributed by atoms with van der Waals surface area (Å²) in [7, 11) is 0. The topological polar surface area (TPSA) is 25.2 Å². The quantitative estimate of drug-likeness (QED) is 0.747. The Morgan fingerprint density at radius 1 is 1.21 bits per heavy atom. The number of para-hydroxylation sites is 1. The molecule has 0 saturated heterocycles. The van der Waals surface area contributed by atoms with Gasteiger partial charge in [-0.2, -0.15) is 0 Å². The predicted octanol–water partition coefficient (Wildman–Crippen LogP) is 4.65. The van der Waals surface area contributed by atoms with E-state index >= 15 is 0 Å². The summed E-state index contributed by atoms with van der Waals surface area (Å²) in [4.78, 5) is 2.74. The molecule has 2 aromatic heterocycles. The second-order valence-electron chi connectivity index (χ2n) is 4.81. The highest BCUT2D eigenvalue weighted by atomic mass is 32.1. The molecule has 2 nitrogen and oxygen atoms in total. The molecule has 0 aliphatic heterocycles. The highest BCUT2D eigenvalue weighted by Gasteiger charge is 2.09. The number of rotatable bonds is 4. The van der Waals surface area contributed by atoms with Crippen LogP contribution in [0.15, 0.2) is 47.1 Å². The molecule has 3 aromatic rings. The monoisotopic (exact) mass is 271 g/mol. The van der Waals surface area contributed by atoms with Gasteiger partial charge in [-0.25, -0.2) is 0 Å². The zero-order valence-corrected chi connectivity index (χ0v) is 12.0. The second-order valence-corrected chi connectivity index (χ2v) is 6.13. The van der Waals surface area contributed by atoms with Crippen molar-refractivity contribution < 1.29 is 4.42 Å². The molecule has 0 spiro atoms. The lowest BCUT2D eigenvalue weighted by Crippen LogP contribution is -2.16. The molecule has 0 fully saturated rings. The van der Waals surface area contributed by atoms with Crippen LogP contribution in [0.25, 0.3) is 11.0 Å². The van der Waals surface area contributed by atoms with Crippen LogP contribution in [0.1, 0.15) is 28.3 Å². The van der Waals surface area contributed by atoms with E-state index in [4.69, 9.17) is 4.42 Å². The van der Waals surface area contributed by atoms with E-state index in [0.29, 0.717) is 6.04 Å². The maximum absolute atomic E-state index is 5.55. The standard InChI is InChI=1S/C16H17NOS/c1-11-7-8-16(19-11)12(2)17-9-13-10-18-15-6-4-3-5-14(13)15/h3-8,10,12,17H,9H2,1-2H3. The van der Waals surface area contributed by atoms with E-state index in [1.807, 2.05) is 35.8 Å². The number of furan rings is 1. The summed E-state index contributed by atoms with van der Waals surface area (Å²) in [6.45, 7) is 5.17. The average Bonchev–Trinajstić information content (AvgIpc) is 3.02. The van der Waals surface area contributed by atoms with Crippen LogP contribution in [0.4, 0.5) is 0 Å². The summed E-state index contributed by atoms with van der Waals surface area (Å²) in [5.41, 5.74) is 2.18. The molecule has 3 heteroatoms. The fraction of sp³-hybridized carbons (Fsp3) is 0.250. The lowest BCUT2D eigenvalue weighted by atomic mass is 10.1. The molecule has 0 aliphatic rings. The molecule has 1 aromatic carbocycles. The maximum Gasteiger partial charge on any atom is 0.134 e. The van der Waals surface area contributed by atoms with Gasteiger partial charge in [-0.15, -0.1) is 11.3 Å². The van der Waals surface area contributed by atoms with Crippen LogP contribution < -0.4 is 5.32 Å². The zero-order chi connectivity index (χ0) is 13.2. The average molecular weight is 271 g/mol. The van der Waals surface area contributed by atoms with E-state index in [1.165, 1.54) is 20.7 Å². The van der Waals surface area contributed by atoms with Crippen molar-refractivity contribution in [3.8, 4) is 0 Å². The first-order valence-corrected chi connectivity index (χ1v) is 7.30.